The minimum atomic E-state index is -4.42. The van der Waals surface area contributed by atoms with Gasteiger partial charge in [0.2, 0.25) is 5.91 Å². The van der Waals surface area contributed by atoms with Crippen molar-refractivity contribution in [2.45, 2.75) is 45.2 Å². The summed E-state index contributed by atoms with van der Waals surface area (Å²) in [6.07, 6.45) is -0.914. The van der Waals surface area contributed by atoms with Gasteiger partial charge in [0.15, 0.2) is 18.1 Å². The fourth-order valence-electron chi connectivity index (χ4n) is 2.64. The van der Waals surface area contributed by atoms with Gasteiger partial charge in [0.05, 0.1) is 12.1 Å². The number of thiazole rings is 1. The van der Waals surface area contributed by atoms with Crippen molar-refractivity contribution < 1.29 is 27.4 Å². The van der Waals surface area contributed by atoms with Crippen molar-refractivity contribution in [3.05, 3.63) is 39.8 Å². The quantitative estimate of drug-likeness (QED) is 0.535. The van der Waals surface area contributed by atoms with E-state index in [1.165, 1.54) is 13.2 Å². The van der Waals surface area contributed by atoms with Crippen LogP contribution in [0.25, 0.3) is 0 Å². The number of benzene rings is 1. The number of carbonyl (C=O) groups excluding carboxylic acids is 1. The lowest BCUT2D eigenvalue weighted by Gasteiger charge is -2.13. The predicted molar refractivity (Wildman–Crippen MR) is 106 cm³/mol. The van der Waals surface area contributed by atoms with E-state index in [0.29, 0.717) is 13.0 Å². The molecule has 2 aromatic rings. The van der Waals surface area contributed by atoms with Gasteiger partial charge in [-0.3, -0.25) is 4.79 Å². The highest BCUT2D eigenvalue weighted by Crippen LogP contribution is 2.30. The SMILES string of the molecule is COc1cc(CCC(=O)NCCCCc2nc(C)cs2)ccc1OCC(F)(F)F. The summed E-state index contributed by atoms with van der Waals surface area (Å²) >= 11 is 1.65. The van der Waals surface area contributed by atoms with E-state index < -0.39 is 12.8 Å². The summed E-state index contributed by atoms with van der Waals surface area (Å²) in [5.41, 5.74) is 1.82. The minimum Gasteiger partial charge on any atom is -0.493 e. The highest BCUT2D eigenvalue weighted by Gasteiger charge is 2.29. The van der Waals surface area contributed by atoms with Gasteiger partial charge < -0.3 is 14.8 Å². The van der Waals surface area contributed by atoms with Gasteiger partial charge in [0.25, 0.3) is 0 Å². The summed E-state index contributed by atoms with van der Waals surface area (Å²) in [5.74, 6) is 0.171. The number of unbranched alkanes of at least 4 members (excludes halogenated alkanes) is 1. The number of carbonyl (C=O) groups is 1. The van der Waals surface area contributed by atoms with Crippen LogP contribution in [0.3, 0.4) is 0 Å². The van der Waals surface area contributed by atoms with E-state index in [1.807, 2.05) is 12.3 Å². The first kappa shape index (κ1) is 23.0. The van der Waals surface area contributed by atoms with Gasteiger partial charge >= 0.3 is 6.18 Å². The van der Waals surface area contributed by atoms with Crippen LogP contribution in [-0.4, -0.2) is 37.3 Å². The van der Waals surface area contributed by atoms with Crippen molar-refractivity contribution in [2.75, 3.05) is 20.3 Å². The molecule has 0 aliphatic heterocycles. The number of nitrogens with zero attached hydrogens (tertiary/aromatic N) is 1. The van der Waals surface area contributed by atoms with Gasteiger partial charge in [-0.05, 0) is 50.3 Å². The lowest BCUT2D eigenvalue weighted by molar-refractivity contribution is -0.153. The lowest BCUT2D eigenvalue weighted by Crippen LogP contribution is -2.24. The summed E-state index contributed by atoms with van der Waals surface area (Å²) in [6.45, 7) is 1.20. The van der Waals surface area contributed by atoms with E-state index in [9.17, 15) is 18.0 Å². The second kappa shape index (κ2) is 11.0. The summed E-state index contributed by atoms with van der Waals surface area (Å²) < 4.78 is 46.7. The molecule has 1 aromatic carbocycles. The topological polar surface area (TPSA) is 60.5 Å². The Morgan fingerprint density at radius 3 is 2.66 bits per heavy atom. The molecular weight excluding hydrogens is 405 g/mol. The molecule has 0 aliphatic rings. The number of amides is 1. The molecule has 0 spiro atoms. The number of nitrogens with one attached hydrogen (secondary N) is 1. The first-order valence-corrected chi connectivity index (χ1v) is 10.2. The van der Waals surface area contributed by atoms with Crippen molar-refractivity contribution in [1.82, 2.24) is 10.3 Å². The molecule has 0 radical (unpaired) electrons. The van der Waals surface area contributed by atoms with Gasteiger partial charge in [-0.15, -0.1) is 11.3 Å². The molecule has 9 heteroatoms. The van der Waals surface area contributed by atoms with Crippen molar-refractivity contribution in [1.29, 1.82) is 0 Å². The molecule has 0 aliphatic carbocycles. The first-order chi connectivity index (χ1) is 13.8. The molecule has 0 fully saturated rings. The average Bonchev–Trinajstić information content (AvgIpc) is 3.09. The van der Waals surface area contributed by atoms with Gasteiger partial charge in [-0.25, -0.2) is 4.98 Å². The van der Waals surface area contributed by atoms with Crippen LogP contribution in [0.4, 0.5) is 13.2 Å². The molecule has 0 atom stereocenters. The Kier molecular flexibility index (Phi) is 8.75. The van der Waals surface area contributed by atoms with Crippen LogP contribution >= 0.6 is 11.3 Å². The van der Waals surface area contributed by atoms with Crippen molar-refractivity contribution in [3.63, 3.8) is 0 Å². The normalized spacial score (nSPS) is 11.3. The maximum Gasteiger partial charge on any atom is 0.422 e. The molecule has 1 heterocycles. The molecular formula is C20H25F3N2O3S. The fraction of sp³-hybridized carbons (Fsp3) is 0.500. The van der Waals surface area contributed by atoms with Gasteiger partial charge in [0.1, 0.15) is 0 Å². The Morgan fingerprint density at radius 1 is 1.21 bits per heavy atom. The number of halogens is 3. The highest BCUT2D eigenvalue weighted by molar-refractivity contribution is 7.09. The largest absolute Gasteiger partial charge is 0.493 e. The molecule has 5 nitrogen and oxygen atoms in total. The standard InChI is InChI=1S/C20H25F3N2O3S/c1-14-12-29-19(25-14)5-3-4-10-24-18(26)9-7-15-6-8-16(17(11-15)27-2)28-13-20(21,22)23/h6,8,11-12H,3-5,7,9-10,13H2,1-2H3,(H,24,26). The number of aryl methyl sites for hydroxylation is 3. The predicted octanol–water partition coefficient (Wildman–Crippen LogP) is 4.47. The second-order valence-electron chi connectivity index (χ2n) is 6.58. The molecule has 160 valence electrons. The maximum atomic E-state index is 12.3. The Balaban J connectivity index is 1.69. The molecule has 29 heavy (non-hydrogen) atoms. The van der Waals surface area contributed by atoms with Crippen LogP contribution in [0.15, 0.2) is 23.6 Å². The summed E-state index contributed by atoms with van der Waals surface area (Å²) in [6, 6.07) is 4.66. The number of aromatic nitrogens is 1. The lowest BCUT2D eigenvalue weighted by atomic mass is 10.1. The van der Waals surface area contributed by atoms with Gasteiger partial charge in [0, 0.05) is 24.0 Å². The molecule has 1 aromatic heterocycles. The summed E-state index contributed by atoms with van der Waals surface area (Å²) in [4.78, 5) is 16.4. The van der Waals surface area contributed by atoms with E-state index >= 15 is 0 Å². The number of alkyl halides is 3. The van der Waals surface area contributed by atoms with E-state index in [0.717, 1.165) is 35.5 Å². The molecule has 0 saturated heterocycles. The Hall–Kier alpha value is -2.29. The highest BCUT2D eigenvalue weighted by atomic mass is 32.1. The smallest absolute Gasteiger partial charge is 0.422 e. The Bertz CT molecular complexity index is 794. The Morgan fingerprint density at radius 2 is 2.00 bits per heavy atom. The third kappa shape index (κ3) is 8.72. The molecule has 1 N–H and O–H groups in total. The van der Waals surface area contributed by atoms with Crippen LogP contribution in [-0.2, 0) is 17.6 Å². The maximum absolute atomic E-state index is 12.3. The minimum absolute atomic E-state index is 0.0217. The van der Waals surface area contributed by atoms with Crippen molar-refractivity contribution in [3.8, 4) is 11.5 Å². The fourth-order valence-corrected chi connectivity index (χ4v) is 3.46. The first-order valence-electron chi connectivity index (χ1n) is 9.31. The third-order valence-electron chi connectivity index (χ3n) is 4.07. The molecule has 0 saturated carbocycles. The second-order valence-corrected chi connectivity index (χ2v) is 7.52. The summed E-state index contributed by atoms with van der Waals surface area (Å²) in [5, 5.41) is 6.03. The number of methoxy groups -OCH3 is 1. The number of rotatable bonds is 11. The van der Waals surface area contributed by atoms with E-state index in [4.69, 9.17) is 9.47 Å². The van der Waals surface area contributed by atoms with E-state index in [-0.39, 0.29) is 23.8 Å². The molecule has 0 bridgehead atoms. The zero-order valence-electron chi connectivity index (χ0n) is 16.5. The number of hydrogen-bond donors (Lipinski definition) is 1. The van der Waals surface area contributed by atoms with Crippen LogP contribution in [0, 0.1) is 6.92 Å². The molecule has 1 amide bonds. The summed E-state index contributed by atoms with van der Waals surface area (Å²) in [7, 11) is 1.36. The van der Waals surface area contributed by atoms with Crippen molar-refractivity contribution in [2.24, 2.45) is 0 Å². The zero-order valence-corrected chi connectivity index (χ0v) is 17.3. The number of ether oxygens (including phenoxy) is 2. The Labute approximate surface area is 172 Å². The van der Waals surface area contributed by atoms with Crippen LogP contribution in [0.2, 0.25) is 0 Å². The molecule has 0 unspecified atom stereocenters. The van der Waals surface area contributed by atoms with Gasteiger partial charge in [-0.2, -0.15) is 13.2 Å². The average molecular weight is 430 g/mol. The van der Waals surface area contributed by atoms with Crippen LogP contribution < -0.4 is 14.8 Å². The van der Waals surface area contributed by atoms with E-state index in [1.54, 1.807) is 23.5 Å². The zero-order chi connectivity index (χ0) is 21.3. The monoisotopic (exact) mass is 430 g/mol. The van der Waals surface area contributed by atoms with E-state index in [2.05, 4.69) is 10.3 Å². The van der Waals surface area contributed by atoms with Crippen LogP contribution in [0.1, 0.15) is 35.5 Å². The number of hydrogen-bond acceptors (Lipinski definition) is 5. The van der Waals surface area contributed by atoms with Crippen LogP contribution in [0.5, 0.6) is 11.5 Å². The van der Waals surface area contributed by atoms with Crippen molar-refractivity contribution >= 4 is 17.2 Å². The third-order valence-corrected chi connectivity index (χ3v) is 5.09. The van der Waals surface area contributed by atoms with Gasteiger partial charge in [-0.1, -0.05) is 6.07 Å². The molecule has 2 rings (SSSR count).